The molecule has 0 spiro atoms. The van der Waals surface area contributed by atoms with Crippen LogP contribution in [0.1, 0.15) is 42.1 Å². The second-order valence-corrected chi connectivity index (χ2v) is 10.6. The fraction of sp³-hybridized carbons (Fsp3) is 0.360. The Morgan fingerprint density at radius 3 is 2.48 bits per heavy atom. The minimum absolute atomic E-state index is 0.00674. The Morgan fingerprint density at radius 2 is 1.79 bits per heavy atom. The van der Waals surface area contributed by atoms with Gasteiger partial charge < -0.3 is 9.88 Å². The van der Waals surface area contributed by atoms with Gasteiger partial charge in [-0.25, -0.2) is 8.42 Å². The molecule has 1 amide bonds. The van der Waals surface area contributed by atoms with Crippen LogP contribution in [-0.2, 0) is 23.5 Å². The molecular formula is C25H29N3O4S. The molecule has 7 nitrogen and oxygen atoms in total. The summed E-state index contributed by atoms with van der Waals surface area (Å²) in [5.41, 5.74) is 1.31. The number of aryl methyl sites for hydroxylation is 2. The first kappa shape index (κ1) is 23.2. The summed E-state index contributed by atoms with van der Waals surface area (Å²) in [5.74, 6) is -0.453. The van der Waals surface area contributed by atoms with E-state index < -0.39 is 21.4 Å². The summed E-state index contributed by atoms with van der Waals surface area (Å²) < 4.78 is 29.1. The molecule has 1 aromatic heterocycles. The highest BCUT2D eigenvalue weighted by Gasteiger charge is 2.28. The SMILES string of the molecule is C[C@H](CCc1ccccc1)NC(=O)c1cn(C)c2ccc(S(=O)(=O)N3CCCC3)cc2c1=O. The number of fused-ring (bicyclic) bond motifs is 1. The predicted molar refractivity (Wildman–Crippen MR) is 129 cm³/mol. The van der Waals surface area contributed by atoms with E-state index in [2.05, 4.69) is 5.32 Å². The molecule has 33 heavy (non-hydrogen) atoms. The Morgan fingerprint density at radius 1 is 1.09 bits per heavy atom. The lowest BCUT2D eigenvalue weighted by Crippen LogP contribution is -2.36. The van der Waals surface area contributed by atoms with Gasteiger partial charge >= 0.3 is 0 Å². The summed E-state index contributed by atoms with van der Waals surface area (Å²) in [6, 6.07) is 14.4. The highest BCUT2D eigenvalue weighted by Crippen LogP contribution is 2.23. The van der Waals surface area contributed by atoms with Crippen LogP contribution in [0.4, 0.5) is 0 Å². The molecule has 1 fully saturated rings. The van der Waals surface area contributed by atoms with Crippen molar-refractivity contribution in [3.05, 3.63) is 76.1 Å². The zero-order valence-electron chi connectivity index (χ0n) is 19.0. The normalized spacial score (nSPS) is 15.6. The third-order valence-corrected chi connectivity index (χ3v) is 8.09. The molecule has 1 aliphatic heterocycles. The lowest BCUT2D eigenvalue weighted by molar-refractivity contribution is 0.0937. The van der Waals surface area contributed by atoms with Crippen molar-refractivity contribution in [1.29, 1.82) is 0 Å². The van der Waals surface area contributed by atoms with E-state index in [-0.39, 0.29) is 21.9 Å². The molecule has 1 aliphatic rings. The maximum absolute atomic E-state index is 13.2. The Balaban J connectivity index is 1.59. The van der Waals surface area contributed by atoms with Gasteiger partial charge in [-0.15, -0.1) is 0 Å². The van der Waals surface area contributed by atoms with E-state index in [1.165, 1.54) is 28.2 Å². The summed E-state index contributed by atoms with van der Waals surface area (Å²) >= 11 is 0. The molecule has 0 saturated carbocycles. The Kier molecular flexibility index (Phi) is 6.67. The zero-order valence-corrected chi connectivity index (χ0v) is 19.8. The van der Waals surface area contributed by atoms with Crippen molar-refractivity contribution < 1.29 is 13.2 Å². The Hall–Kier alpha value is -2.97. The average Bonchev–Trinajstić information content (AvgIpc) is 3.36. The van der Waals surface area contributed by atoms with Gasteiger partial charge in [0.15, 0.2) is 0 Å². The van der Waals surface area contributed by atoms with E-state index >= 15 is 0 Å². The van der Waals surface area contributed by atoms with E-state index in [4.69, 9.17) is 0 Å². The number of pyridine rings is 1. The monoisotopic (exact) mass is 467 g/mol. The molecule has 174 valence electrons. The van der Waals surface area contributed by atoms with Gasteiger partial charge in [0.05, 0.1) is 10.4 Å². The van der Waals surface area contributed by atoms with Gasteiger partial charge in [0, 0.05) is 37.8 Å². The molecule has 1 saturated heterocycles. The van der Waals surface area contributed by atoms with Crippen LogP contribution in [0.5, 0.6) is 0 Å². The molecule has 1 atom stereocenters. The molecular weight excluding hydrogens is 438 g/mol. The zero-order chi connectivity index (χ0) is 23.6. The third kappa shape index (κ3) is 4.86. The van der Waals surface area contributed by atoms with Gasteiger partial charge in [0.1, 0.15) is 5.56 Å². The molecule has 0 radical (unpaired) electrons. The molecule has 0 aliphatic carbocycles. The van der Waals surface area contributed by atoms with Crippen molar-refractivity contribution in [2.24, 2.45) is 7.05 Å². The van der Waals surface area contributed by atoms with Crippen LogP contribution in [0, 0.1) is 0 Å². The van der Waals surface area contributed by atoms with Gasteiger partial charge in [0.25, 0.3) is 5.91 Å². The standard InChI is InChI=1S/C25H29N3O4S/c1-18(10-11-19-8-4-3-5-9-19)26-25(30)22-17-27(2)23-13-12-20(16-21(23)24(22)29)33(31,32)28-14-6-7-15-28/h3-5,8-9,12-13,16-18H,6-7,10-11,14-15H2,1-2H3,(H,26,30)/t18-/m1/s1. The van der Waals surface area contributed by atoms with Gasteiger partial charge in [-0.05, 0) is 56.4 Å². The molecule has 0 bridgehead atoms. The fourth-order valence-electron chi connectivity index (χ4n) is 4.27. The average molecular weight is 468 g/mol. The van der Waals surface area contributed by atoms with Crippen molar-refractivity contribution in [3.63, 3.8) is 0 Å². The summed E-state index contributed by atoms with van der Waals surface area (Å²) in [5, 5.41) is 3.13. The Labute approximate surface area is 194 Å². The Bertz CT molecular complexity index is 1330. The number of sulfonamides is 1. The largest absolute Gasteiger partial charge is 0.350 e. The van der Waals surface area contributed by atoms with Crippen LogP contribution in [0.3, 0.4) is 0 Å². The summed E-state index contributed by atoms with van der Waals surface area (Å²) in [6.45, 7) is 2.89. The smallest absolute Gasteiger partial charge is 0.256 e. The first-order valence-electron chi connectivity index (χ1n) is 11.3. The predicted octanol–water partition coefficient (Wildman–Crippen LogP) is 3.07. The van der Waals surface area contributed by atoms with Crippen molar-refractivity contribution in [3.8, 4) is 0 Å². The highest BCUT2D eigenvalue weighted by atomic mass is 32.2. The third-order valence-electron chi connectivity index (χ3n) is 6.19. The quantitative estimate of drug-likeness (QED) is 0.578. The molecule has 0 unspecified atom stereocenters. The van der Waals surface area contributed by atoms with E-state index in [1.807, 2.05) is 37.3 Å². The second kappa shape index (κ2) is 9.49. The van der Waals surface area contributed by atoms with Crippen LogP contribution in [-0.4, -0.2) is 42.3 Å². The molecule has 2 aromatic carbocycles. The summed E-state index contributed by atoms with van der Waals surface area (Å²) in [4.78, 5) is 26.2. The van der Waals surface area contributed by atoms with Crippen molar-refractivity contribution >= 4 is 26.8 Å². The first-order valence-corrected chi connectivity index (χ1v) is 12.7. The minimum atomic E-state index is -3.66. The number of aromatic nitrogens is 1. The number of carbonyl (C=O) groups is 1. The van der Waals surface area contributed by atoms with Crippen LogP contribution < -0.4 is 10.7 Å². The number of benzene rings is 2. The first-order chi connectivity index (χ1) is 15.8. The summed E-state index contributed by atoms with van der Waals surface area (Å²) in [6.07, 6.45) is 4.73. The molecule has 3 aromatic rings. The van der Waals surface area contributed by atoms with E-state index in [0.29, 0.717) is 18.6 Å². The van der Waals surface area contributed by atoms with Crippen LogP contribution in [0.15, 0.2) is 64.4 Å². The highest BCUT2D eigenvalue weighted by molar-refractivity contribution is 7.89. The van der Waals surface area contributed by atoms with Crippen LogP contribution in [0.2, 0.25) is 0 Å². The number of rotatable bonds is 7. The van der Waals surface area contributed by atoms with E-state index in [9.17, 15) is 18.0 Å². The van der Waals surface area contributed by atoms with Gasteiger partial charge in [-0.1, -0.05) is 30.3 Å². The number of nitrogens with one attached hydrogen (secondary N) is 1. The van der Waals surface area contributed by atoms with Gasteiger partial charge in [-0.2, -0.15) is 4.31 Å². The minimum Gasteiger partial charge on any atom is -0.350 e. The van der Waals surface area contributed by atoms with Crippen LogP contribution in [0.25, 0.3) is 10.9 Å². The number of hydrogen-bond acceptors (Lipinski definition) is 4. The maximum Gasteiger partial charge on any atom is 0.256 e. The molecule has 8 heteroatoms. The topological polar surface area (TPSA) is 88.5 Å². The lowest BCUT2D eigenvalue weighted by Gasteiger charge is -2.17. The molecule has 2 heterocycles. The molecule has 4 rings (SSSR count). The molecule has 1 N–H and O–H groups in total. The lowest BCUT2D eigenvalue weighted by atomic mass is 10.1. The number of carbonyl (C=O) groups excluding carboxylic acids is 1. The van der Waals surface area contributed by atoms with Crippen molar-refractivity contribution in [2.75, 3.05) is 13.1 Å². The van der Waals surface area contributed by atoms with Crippen molar-refractivity contribution in [2.45, 2.75) is 43.5 Å². The van der Waals surface area contributed by atoms with Crippen molar-refractivity contribution in [1.82, 2.24) is 14.2 Å². The second-order valence-electron chi connectivity index (χ2n) is 8.67. The van der Waals surface area contributed by atoms with E-state index in [0.717, 1.165) is 25.7 Å². The maximum atomic E-state index is 13.2. The van der Waals surface area contributed by atoms with E-state index in [1.54, 1.807) is 17.7 Å². The fourth-order valence-corrected chi connectivity index (χ4v) is 5.82. The number of nitrogens with zero attached hydrogens (tertiary/aromatic N) is 2. The van der Waals surface area contributed by atoms with Gasteiger partial charge in [0.2, 0.25) is 15.5 Å². The number of hydrogen-bond donors (Lipinski definition) is 1. The summed E-state index contributed by atoms with van der Waals surface area (Å²) in [7, 11) is -1.92. The van der Waals surface area contributed by atoms with Gasteiger partial charge in [-0.3, -0.25) is 9.59 Å². The van der Waals surface area contributed by atoms with Crippen LogP contribution >= 0.6 is 0 Å². The number of amides is 1.